The summed E-state index contributed by atoms with van der Waals surface area (Å²) in [6, 6.07) is 9.33. The van der Waals surface area contributed by atoms with Crippen LogP contribution in [0.1, 0.15) is 48.7 Å². The Labute approximate surface area is 128 Å². The summed E-state index contributed by atoms with van der Waals surface area (Å²) in [4.78, 5) is 0. The Bertz CT molecular complexity index is 554. The van der Waals surface area contributed by atoms with Crippen LogP contribution < -0.4 is 5.32 Å². The van der Waals surface area contributed by atoms with Gasteiger partial charge in [0.1, 0.15) is 0 Å². The van der Waals surface area contributed by atoms with Crippen molar-refractivity contribution in [2.45, 2.75) is 46.1 Å². The average Bonchev–Trinajstić information content (AvgIpc) is 2.83. The normalized spacial score (nSPS) is 12.6. The highest BCUT2D eigenvalue weighted by Gasteiger charge is 2.16. The lowest BCUT2D eigenvalue weighted by molar-refractivity contribution is 0.527. The van der Waals surface area contributed by atoms with Gasteiger partial charge in [-0.2, -0.15) is 5.10 Å². The van der Waals surface area contributed by atoms with Crippen LogP contribution in [0.15, 0.2) is 30.5 Å². The Balaban J connectivity index is 2.17. The quantitative estimate of drug-likeness (QED) is 0.843. The highest BCUT2D eigenvalue weighted by Crippen LogP contribution is 2.21. The maximum atomic E-state index is 4.49. The van der Waals surface area contributed by atoms with Gasteiger partial charge in [-0.15, -0.1) is 0 Å². The van der Waals surface area contributed by atoms with Gasteiger partial charge in [0, 0.05) is 24.8 Å². The number of hydrogen-bond donors (Lipinski definition) is 1. The molecule has 1 heterocycles. The molecule has 0 aliphatic carbocycles. The van der Waals surface area contributed by atoms with Crippen molar-refractivity contribution >= 4 is 0 Å². The van der Waals surface area contributed by atoms with Crippen LogP contribution in [0.4, 0.5) is 0 Å². The Morgan fingerprint density at radius 2 is 1.81 bits per heavy atom. The summed E-state index contributed by atoms with van der Waals surface area (Å²) in [6.07, 6.45) is 5.39. The fourth-order valence-electron chi connectivity index (χ4n) is 2.72. The van der Waals surface area contributed by atoms with E-state index >= 15 is 0 Å². The summed E-state index contributed by atoms with van der Waals surface area (Å²) in [5, 5.41) is 8.15. The van der Waals surface area contributed by atoms with Gasteiger partial charge in [-0.25, -0.2) is 0 Å². The number of aryl methyl sites for hydroxylation is 3. The summed E-state index contributed by atoms with van der Waals surface area (Å²) in [5.41, 5.74) is 5.21. The van der Waals surface area contributed by atoms with Crippen molar-refractivity contribution in [2.24, 2.45) is 7.05 Å². The van der Waals surface area contributed by atoms with Gasteiger partial charge in [-0.05, 0) is 43.9 Å². The largest absolute Gasteiger partial charge is 0.310 e. The molecule has 3 heteroatoms. The molecule has 0 fully saturated rings. The van der Waals surface area contributed by atoms with Crippen molar-refractivity contribution in [1.29, 1.82) is 0 Å². The van der Waals surface area contributed by atoms with Crippen molar-refractivity contribution in [1.82, 2.24) is 15.1 Å². The summed E-state index contributed by atoms with van der Waals surface area (Å²) in [6.45, 7) is 7.53. The molecule has 2 rings (SSSR count). The van der Waals surface area contributed by atoms with E-state index in [9.17, 15) is 0 Å². The molecule has 1 atom stereocenters. The van der Waals surface area contributed by atoms with Crippen molar-refractivity contribution in [3.05, 3.63) is 52.8 Å². The Morgan fingerprint density at radius 1 is 1.14 bits per heavy atom. The molecular formula is C18H27N3. The Kier molecular flexibility index (Phi) is 5.57. The Morgan fingerprint density at radius 3 is 2.33 bits per heavy atom. The summed E-state index contributed by atoms with van der Waals surface area (Å²) >= 11 is 0. The van der Waals surface area contributed by atoms with Crippen LogP contribution in [0.3, 0.4) is 0 Å². The number of hydrogen-bond acceptors (Lipinski definition) is 2. The summed E-state index contributed by atoms with van der Waals surface area (Å²) in [5.74, 6) is 0. The molecule has 114 valence electrons. The van der Waals surface area contributed by atoms with Gasteiger partial charge in [0.2, 0.25) is 0 Å². The average molecular weight is 285 g/mol. The van der Waals surface area contributed by atoms with Crippen molar-refractivity contribution in [3.8, 4) is 0 Å². The zero-order valence-electron chi connectivity index (χ0n) is 13.7. The highest BCUT2D eigenvalue weighted by molar-refractivity contribution is 5.27. The molecular weight excluding hydrogens is 258 g/mol. The van der Waals surface area contributed by atoms with Gasteiger partial charge in [-0.3, -0.25) is 4.68 Å². The fourth-order valence-corrected chi connectivity index (χ4v) is 2.72. The first-order chi connectivity index (χ1) is 10.1. The molecule has 0 spiro atoms. The first kappa shape index (κ1) is 15.8. The second-order valence-corrected chi connectivity index (χ2v) is 5.72. The van der Waals surface area contributed by atoms with Crippen molar-refractivity contribution < 1.29 is 0 Å². The van der Waals surface area contributed by atoms with E-state index in [1.54, 1.807) is 0 Å². The van der Waals surface area contributed by atoms with E-state index in [0.29, 0.717) is 6.04 Å². The molecule has 1 aromatic carbocycles. The third kappa shape index (κ3) is 4.18. The zero-order chi connectivity index (χ0) is 15.2. The molecule has 0 amide bonds. The van der Waals surface area contributed by atoms with E-state index in [1.807, 2.05) is 11.7 Å². The number of nitrogens with one attached hydrogen (secondary N) is 1. The predicted molar refractivity (Wildman–Crippen MR) is 88.5 cm³/mol. The molecule has 0 aliphatic rings. The van der Waals surface area contributed by atoms with Crippen LogP contribution >= 0.6 is 0 Å². The second kappa shape index (κ2) is 7.41. The lowest BCUT2D eigenvalue weighted by Gasteiger charge is -2.18. The minimum absolute atomic E-state index is 0.339. The predicted octanol–water partition coefficient (Wildman–Crippen LogP) is 3.57. The van der Waals surface area contributed by atoms with Crippen LogP contribution in [0, 0.1) is 6.92 Å². The Hall–Kier alpha value is -1.61. The van der Waals surface area contributed by atoms with E-state index < -0.39 is 0 Å². The fraction of sp³-hybridized carbons (Fsp3) is 0.500. The third-order valence-electron chi connectivity index (χ3n) is 3.94. The minimum Gasteiger partial charge on any atom is -0.310 e. The minimum atomic E-state index is 0.339. The molecule has 2 aromatic rings. The smallest absolute Gasteiger partial charge is 0.0641 e. The van der Waals surface area contributed by atoms with Gasteiger partial charge in [0.15, 0.2) is 0 Å². The molecule has 1 N–H and O–H groups in total. The first-order valence-corrected chi connectivity index (χ1v) is 7.95. The monoisotopic (exact) mass is 285 g/mol. The zero-order valence-corrected chi connectivity index (χ0v) is 13.7. The molecule has 0 bridgehead atoms. The number of aromatic nitrogens is 2. The van der Waals surface area contributed by atoms with E-state index in [0.717, 1.165) is 31.5 Å². The number of benzene rings is 1. The molecule has 0 saturated carbocycles. The van der Waals surface area contributed by atoms with E-state index in [4.69, 9.17) is 0 Å². The van der Waals surface area contributed by atoms with Crippen LogP contribution in [0.2, 0.25) is 0 Å². The third-order valence-corrected chi connectivity index (χ3v) is 3.94. The van der Waals surface area contributed by atoms with Gasteiger partial charge < -0.3 is 5.32 Å². The van der Waals surface area contributed by atoms with Gasteiger partial charge >= 0.3 is 0 Å². The van der Waals surface area contributed by atoms with Crippen LogP contribution in [-0.2, 0) is 19.9 Å². The highest BCUT2D eigenvalue weighted by atomic mass is 15.3. The molecule has 0 radical (unpaired) electrons. The summed E-state index contributed by atoms with van der Waals surface area (Å²) in [7, 11) is 1.99. The molecule has 0 saturated heterocycles. The van der Waals surface area contributed by atoms with Crippen molar-refractivity contribution in [2.75, 3.05) is 6.54 Å². The van der Waals surface area contributed by atoms with Crippen LogP contribution in [0.5, 0.6) is 0 Å². The molecule has 0 aliphatic heterocycles. The lowest BCUT2D eigenvalue weighted by Crippen LogP contribution is -2.24. The molecule has 1 aromatic heterocycles. The lowest BCUT2D eigenvalue weighted by atomic mass is 9.98. The van der Waals surface area contributed by atoms with Crippen LogP contribution in [0.25, 0.3) is 0 Å². The van der Waals surface area contributed by atoms with E-state index in [2.05, 4.69) is 61.6 Å². The number of rotatable bonds is 7. The maximum absolute atomic E-state index is 4.49. The van der Waals surface area contributed by atoms with E-state index in [1.165, 1.54) is 16.7 Å². The standard InChI is InChI=1S/C18H27N3/c1-5-11-19-18(17-13-21(4)20-14(17)3)12-16-9-7-15(6-2)8-10-16/h7-10,13,18-19H,5-6,11-12H2,1-4H3. The topological polar surface area (TPSA) is 29.9 Å². The van der Waals surface area contributed by atoms with Crippen LogP contribution in [-0.4, -0.2) is 16.3 Å². The number of nitrogens with zero attached hydrogens (tertiary/aromatic N) is 2. The molecule has 3 nitrogen and oxygen atoms in total. The van der Waals surface area contributed by atoms with Gasteiger partial charge in [-0.1, -0.05) is 38.1 Å². The van der Waals surface area contributed by atoms with E-state index in [-0.39, 0.29) is 0 Å². The van der Waals surface area contributed by atoms with Gasteiger partial charge in [0.25, 0.3) is 0 Å². The first-order valence-electron chi connectivity index (χ1n) is 7.95. The second-order valence-electron chi connectivity index (χ2n) is 5.72. The SMILES string of the molecule is CCCNC(Cc1ccc(CC)cc1)c1cn(C)nc1C. The maximum Gasteiger partial charge on any atom is 0.0641 e. The molecule has 21 heavy (non-hydrogen) atoms. The van der Waals surface area contributed by atoms with Gasteiger partial charge in [0.05, 0.1) is 5.69 Å². The summed E-state index contributed by atoms with van der Waals surface area (Å²) < 4.78 is 1.91. The molecule has 1 unspecified atom stereocenters. The van der Waals surface area contributed by atoms with Crippen molar-refractivity contribution in [3.63, 3.8) is 0 Å².